The molecule has 0 aromatic rings. The van der Waals surface area contributed by atoms with Crippen molar-refractivity contribution in [2.45, 2.75) is 77.4 Å². The van der Waals surface area contributed by atoms with Crippen LogP contribution in [0.1, 0.15) is 65.2 Å². The highest BCUT2D eigenvalue weighted by molar-refractivity contribution is 5.87. The lowest BCUT2D eigenvalue weighted by Gasteiger charge is -2.61. The van der Waals surface area contributed by atoms with Crippen molar-refractivity contribution in [3.63, 3.8) is 0 Å². The van der Waals surface area contributed by atoms with Crippen molar-refractivity contribution in [1.82, 2.24) is 0 Å². The number of carbonyl (C=O) groups excluding carboxylic acids is 1. The Morgan fingerprint density at radius 3 is 2.55 bits per heavy atom. The Labute approximate surface area is 133 Å². The van der Waals surface area contributed by atoms with Crippen molar-refractivity contribution >= 4 is 5.78 Å². The van der Waals surface area contributed by atoms with E-state index in [9.17, 15) is 15.0 Å². The highest BCUT2D eigenvalue weighted by Gasteiger charge is 2.62. The van der Waals surface area contributed by atoms with Crippen LogP contribution in [-0.4, -0.2) is 28.2 Å². The molecule has 2 N–H and O–H groups in total. The lowest BCUT2D eigenvalue weighted by Crippen LogP contribution is -2.58. The first-order valence-electron chi connectivity index (χ1n) is 9.25. The van der Waals surface area contributed by atoms with Crippen LogP contribution < -0.4 is 0 Å². The van der Waals surface area contributed by atoms with Gasteiger partial charge in [-0.25, -0.2) is 0 Å². The molecule has 0 bridgehead atoms. The van der Waals surface area contributed by atoms with Crippen molar-refractivity contribution in [1.29, 1.82) is 0 Å². The van der Waals surface area contributed by atoms with E-state index in [0.29, 0.717) is 29.5 Å². The Morgan fingerprint density at radius 2 is 1.77 bits per heavy atom. The van der Waals surface area contributed by atoms with Gasteiger partial charge < -0.3 is 10.2 Å². The summed E-state index contributed by atoms with van der Waals surface area (Å²) in [5, 5.41) is 21.0. The molecule has 0 aromatic heterocycles. The van der Waals surface area contributed by atoms with Crippen LogP contribution in [0.15, 0.2) is 0 Å². The molecule has 0 saturated heterocycles. The SMILES string of the molecule is C[C@]12C[C@@H](O)CC[C@@H]1[C@@H](O)C[C@@H]1[C@@H]2CC[C@]2(C)C(=O)CC[C@@H]12. The molecule has 0 spiro atoms. The van der Waals surface area contributed by atoms with Crippen LogP contribution in [0.4, 0.5) is 0 Å². The maximum atomic E-state index is 12.4. The Hall–Kier alpha value is -0.410. The van der Waals surface area contributed by atoms with Crippen LogP contribution >= 0.6 is 0 Å². The Balaban J connectivity index is 1.69. The first-order valence-corrected chi connectivity index (χ1v) is 9.25. The molecule has 0 amide bonds. The topological polar surface area (TPSA) is 57.5 Å². The first kappa shape index (κ1) is 15.1. The fraction of sp³-hybridized carbons (Fsp3) is 0.947. The normalized spacial score (nSPS) is 57.9. The molecule has 8 atom stereocenters. The van der Waals surface area contributed by atoms with E-state index in [-0.39, 0.29) is 23.0 Å². The van der Waals surface area contributed by atoms with Gasteiger partial charge in [-0.2, -0.15) is 0 Å². The van der Waals surface area contributed by atoms with Gasteiger partial charge in [0.2, 0.25) is 0 Å². The van der Waals surface area contributed by atoms with E-state index in [4.69, 9.17) is 0 Å². The summed E-state index contributed by atoms with van der Waals surface area (Å²) >= 11 is 0. The summed E-state index contributed by atoms with van der Waals surface area (Å²) in [4.78, 5) is 12.4. The molecule has 0 aromatic carbocycles. The largest absolute Gasteiger partial charge is 0.393 e. The van der Waals surface area contributed by atoms with Gasteiger partial charge >= 0.3 is 0 Å². The molecule has 0 aliphatic heterocycles. The fourth-order valence-electron chi connectivity index (χ4n) is 7.17. The summed E-state index contributed by atoms with van der Waals surface area (Å²) in [6.45, 7) is 4.50. The number of carbonyl (C=O) groups is 1. The second kappa shape index (κ2) is 4.80. The monoisotopic (exact) mass is 306 g/mol. The van der Waals surface area contributed by atoms with Gasteiger partial charge in [0, 0.05) is 11.8 Å². The summed E-state index contributed by atoms with van der Waals surface area (Å²) < 4.78 is 0. The van der Waals surface area contributed by atoms with Crippen molar-refractivity contribution in [2.75, 3.05) is 0 Å². The van der Waals surface area contributed by atoms with Gasteiger partial charge in [-0.3, -0.25) is 4.79 Å². The molecule has 0 unspecified atom stereocenters. The minimum Gasteiger partial charge on any atom is -0.393 e. The van der Waals surface area contributed by atoms with E-state index in [0.717, 1.165) is 51.4 Å². The predicted molar refractivity (Wildman–Crippen MR) is 84.1 cm³/mol. The lowest BCUT2D eigenvalue weighted by molar-refractivity contribution is -0.171. The maximum Gasteiger partial charge on any atom is 0.139 e. The van der Waals surface area contributed by atoms with Gasteiger partial charge in [0.15, 0.2) is 0 Å². The van der Waals surface area contributed by atoms with E-state index in [1.165, 1.54) is 0 Å². The molecule has 22 heavy (non-hydrogen) atoms. The van der Waals surface area contributed by atoms with Gasteiger partial charge in [0.25, 0.3) is 0 Å². The summed E-state index contributed by atoms with van der Waals surface area (Å²) in [6, 6.07) is 0. The number of rotatable bonds is 0. The molecule has 4 aliphatic carbocycles. The molecule has 3 heteroatoms. The summed E-state index contributed by atoms with van der Waals surface area (Å²) in [6.07, 6.45) is 6.97. The minimum atomic E-state index is -0.239. The summed E-state index contributed by atoms with van der Waals surface area (Å²) in [5.74, 6) is 2.33. The number of aliphatic hydroxyl groups excluding tert-OH is 2. The van der Waals surface area contributed by atoms with Crippen LogP contribution in [0.2, 0.25) is 0 Å². The van der Waals surface area contributed by atoms with Gasteiger partial charge in [-0.15, -0.1) is 0 Å². The second-order valence-electron chi connectivity index (χ2n) is 9.15. The third-order valence-corrected chi connectivity index (χ3v) is 8.30. The van der Waals surface area contributed by atoms with Crippen molar-refractivity contribution in [3.8, 4) is 0 Å². The quantitative estimate of drug-likeness (QED) is 0.723. The smallest absolute Gasteiger partial charge is 0.139 e. The average molecular weight is 306 g/mol. The van der Waals surface area contributed by atoms with Crippen LogP contribution in [0, 0.1) is 34.5 Å². The molecule has 3 nitrogen and oxygen atoms in total. The van der Waals surface area contributed by atoms with Gasteiger partial charge in [-0.05, 0) is 74.0 Å². The highest BCUT2D eigenvalue weighted by atomic mass is 16.3. The number of fused-ring (bicyclic) bond motifs is 5. The van der Waals surface area contributed by atoms with E-state index >= 15 is 0 Å². The third kappa shape index (κ3) is 1.84. The number of hydrogen-bond acceptors (Lipinski definition) is 3. The standard InChI is InChI=1S/C19H30O3/c1-18-8-7-14-12(13(18)5-6-17(18)22)9-16(21)15-4-3-11(20)10-19(14,15)2/h11-16,20-21H,3-10H2,1-2H3/t11-,12-,13-,14-,15+,16-,18-,19+/m0/s1. The van der Waals surface area contributed by atoms with Crippen LogP contribution in [0.25, 0.3) is 0 Å². The zero-order valence-corrected chi connectivity index (χ0v) is 13.9. The fourth-order valence-corrected chi connectivity index (χ4v) is 7.17. The average Bonchev–Trinajstić information content (AvgIpc) is 2.74. The molecular weight excluding hydrogens is 276 g/mol. The van der Waals surface area contributed by atoms with E-state index in [1.807, 2.05) is 0 Å². The molecule has 0 heterocycles. The second-order valence-corrected chi connectivity index (χ2v) is 9.15. The van der Waals surface area contributed by atoms with Crippen LogP contribution in [-0.2, 0) is 4.79 Å². The summed E-state index contributed by atoms with van der Waals surface area (Å²) in [5.41, 5.74) is -0.0651. The molecule has 4 fully saturated rings. The molecule has 4 aliphatic rings. The Bertz CT molecular complexity index is 489. The van der Waals surface area contributed by atoms with Crippen molar-refractivity contribution < 1.29 is 15.0 Å². The van der Waals surface area contributed by atoms with Crippen LogP contribution in [0.5, 0.6) is 0 Å². The highest BCUT2D eigenvalue weighted by Crippen LogP contribution is 2.65. The van der Waals surface area contributed by atoms with Crippen molar-refractivity contribution in [3.05, 3.63) is 0 Å². The number of hydrogen-bond donors (Lipinski definition) is 2. The maximum absolute atomic E-state index is 12.4. The third-order valence-electron chi connectivity index (χ3n) is 8.30. The Morgan fingerprint density at radius 1 is 1.00 bits per heavy atom. The first-order chi connectivity index (χ1) is 10.4. The number of aliphatic hydroxyl groups is 2. The molecule has 4 saturated carbocycles. The zero-order valence-electron chi connectivity index (χ0n) is 13.9. The molecular formula is C19H30O3. The molecule has 4 rings (SSSR count). The van der Waals surface area contributed by atoms with E-state index in [2.05, 4.69) is 13.8 Å². The van der Waals surface area contributed by atoms with Crippen molar-refractivity contribution in [2.24, 2.45) is 34.5 Å². The van der Waals surface area contributed by atoms with E-state index < -0.39 is 0 Å². The number of ketones is 1. The lowest BCUT2D eigenvalue weighted by atomic mass is 9.44. The van der Waals surface area contributed by atoms with Gasteiger partial charge in [0.1, 0.15) is 5.78 Å². The van der Waals surface area contributed by atoms with E-state index in [1.54, 1.807) is 0 Å². The Kier molecular flexibility index (Phi) is 3.30. The van der Waals surface area contributed by atoms with Crippen LogP contribution in [0.3, 0.4) is 0 Å². The zero-order chi connectivity index (χ0) is 15.7. The van der Waals surface area contributed by atoms with Gasteiger partial charge in [-0.1, -0.05) is 13.8 Å². The molecule has 124 valence electrons. The minimum absolute atomic E-state index is 0.0625. The number of Topliss-reactive ketones (excluding diaryl/α,β-unsaturated/α-hetero) is 1. The summed E-state index contributed by atoms with van der Waals surface area (Å²) in [7, 11) is 0. The molecule has 0 radical (unpaired) electrons. The van der Waals surface area contributed by atoms with Gasteiger partial charge in [0.05, 0.1) is 12.2 Å². The predicted octanol–water partition coefficient (Wildman–Crippen LogP) is 2.93.